The van der Waals surface area contributed by atoms with Gasteiger partial charge in [-0.1, -0.05) is 6.07 Å². The number of hydrogen-bond acceptors (Lipinski definition) is 3. The summed E-state index contributed by atoms with van der Waals surface area (Å²) in [6.45, 7) is 0. The van der Waals surface area contributed by atoms with Crippen LogP contribution in [0.2, 0.25) is 0 Å². The zero-order valence-corrected chi connectivity index (χ0v) is 11.1. The normalized spacial score (nSPS) is 23.4. The second kappa shape index (κ2) is 5.88. The van der Waals surface area contributed by atoms with Crippen molar-refractivity contribution < 1.29 is 4.74 Å². The average molecular weight is 244 g/mol. The summed E-state index contributed by atoms with van der Waals surface area (Å²) in [7, 11) is 3.91. The summed E-state index contributed by atoms with van der Waals surface area (Å²) in [6.07, 6.45) is 5.03. The van der Waals surface area contributed by atoms with Crippen LogP contribution in [0.5, 0.6) is 0 Å². The number of methoxy groups -OCH3 is 1. The first kappa shape index (κ1) is 12.9. The molecular weight excluding hydrogens is 224 g/mol. The van der Waals surface area contributed by atoms with Gasteiger partial charge >= 0.3 is 0 Å². The summed E-state index contributed by atoms with van der Waals surface area (Å²) in [6, 6.07) is 10.5. The quantitative estimate of drug-likeness (QED) is 0.820. The molecule has 0 aliphatic heterocycles. The van der Waals surface area contributed by atoms with Crippen LogP contribution in [0.3, 0.4) is 0 Å². The molecule has 3 heteroatoms. The van der Waals surface area contributed by atoms with Gasteiger partial charge in [-0.05, 0) is 43.9 Å². The second-order valence-corrected chi connectivity index (χ2v) is 4.95. The van der Waals surface area contributed by atoms with Crippen LogP contribution in [0.25, 0.3) is 0 Å². The molecule has 1 aliphatic rings. The molecule has 0 radical (unpaired) electrons. The van der Waals surface area contributed by atoms with E-state index in [1.807, 2.05) is 18.2 Å². The van der Waals surface area contributed by atoms with Crippen molar-refractivity contribution in [1.29, 1.82) is 5.26 Å². The molecule has 0 saturated heterocycles. The van der Waals surface area contributed by atoms with Crippen LogP contribution in [-0.2, 0) is 4.74 Å². The van der Waals surface area contributed by atoms with Crippen LogP contribution < -0.4 is 4.90 Å². The summed E-state index contributed by atoms with van der Waals surface area (Å²) in [5.74, 6) is 0. The SMILES string of the molecule is COC1CCCC(N(C)c2cccc(C#N)c2)C1. The molecule has 2 rings (SSSR count). The lowest BCUT2D eigenvalue weighted by atomic mass is 9.91. The van der Waals surface area contributed by atoms with Crippen molar-refractivity contribution in [3.05, 3.63) is 29.8 Å². The Morgan fingerprint density at radius 3 is 2.94 bits per heavy atom. The number of nitriles is 1. The maximum Gasteiger partial charge on any atom is 0.0992 e. The number of ether oxygens (including phenoxy) is 1. The molecule has 2 atom stereocenters. The van der Waals surface area contributed by atoms with E-state index in [1.165, 1.54) is 19.3 Å². The van der Waals surface area contributed by atoms with Crippen molar-refractivity contribution in [2.24, 2.45) is 0 Å². The Bertz CT molecular complexity index is 438. The Morgan fingerprint density at radius 1 is 1.39 bits per heavy atom. The predicted octanol–water partition coefficient (Wildman–Crippen LogP) is 2.95. The molecule has 1 aromatic carbocycles. The van der Waals surface area contributed by atoms with Crippen molar-refractivity contribution >= 4 is 5.69 Å². The standard InChI is InChI=1S/C15H20N2O/c1-17(13-6-3-5-12(9-13)11-16)14-7-4-8-15(10-14)18-2/h3,5-6,9,14-15H,4,7-8,10H2,1-2H3. The third-order valence-electron chi connectivity index (χ3n) is 3.86. The van der Waals surface area contributed by atoms with E-state index in [4.69, 9.17) is 10.00 Å². The van der Waals surface area contributed by atoms with E-state index < -0.39 is 0 Å². The highest BCUT2D eigenvalue weighted by molar-refractivity contribution is 5.51. The fraction of sp³-hybridized carbons (Fsp3) is 0.533. The van der Waals surface area contributed by atoms with E-state index in [0.717, 1.165) is 17.7 Å². The number of anilines is 1. The summed E-state index contributed by atoms with van der Waals surface area (Å²) in [5, 5.41) is 8.95. The van der Waals surface area contributed by atoms with E-state index in [9.17, 15) is 0 Å². The third kappa shape index (κ3) is 2.83. The van der Waals surface area contributed by atoms with Crippen molar-refractivity contribution in [2.75, 3.05) is 19.1 Å². The molecule has 0 amide bonds. The largest absolute Gasteiger partial charge is 0.381 e. The van der Waals surface area contributed by atoms with E-state index in [1.54, 1.807) is 7.11 Å². The molecule has 18 heavy (non-hydrogen) atoms. The molecule has 0 spiro atoms. The molecular formula is C15H20N2O. The smallest absolute Gasteiger partial charge is 0.0992 e. The maximum absolute atomic E-state index is 8.95. The van der Waals surface area contributed by atoms with Crippen molar-refractivity contribution in [1.82, 2.24) is 0 Å². The van der Waals surface area contributed by atoms with Gasteiger partial charge in [-0.3, -0.25) is 0 Å². The highest BCUT2D eigenvalue weighted by Crippen LogP contribution is 2.27. The van der Waals surface area contributed by atoms with Gasteiger partial charge in [0, 0.05) is 25.9 Å². The zero-order chi connectivity index (χ0) is 13.0. The Balaban J connectivity index is 2.10. The van der Waals surface area contributed by atoms with Crippen LogP contribution in [-0.4, -0.2) is 26.3 Å². The monoisotopic (exact) mass is 244 g/mol. The number of benzene rings is 1. The fourth-order valence-corrected chi connectivity index (χ4v) is 2.69. The summed E-state index contributed by atoms with van der Waals surface area (Å²) >= 11 is 0. The van der Waals surface area contributed by atoms with Gasteiger partial charge in [0.15, 0.2) is 0 Å². The molecule has 2 unspecified atom stereocenters. The maximum atomic E-state index is 8.95. The molecule has 3 nitrogen and oxygen atoms in total. The van der Waals surface area contributed by atoms with Crippen LogP contribution in [0.1, 0.15) is 31.2 Å². The van der Waals surface area contributed by atoms with Gasteiger partial charge in [-0.15, -0.1) is 0 Å². The van der Waals surface area contributed by atoms with Gasteiger partial charge in [0.25, 0.3) is 0 Å². The van der Waals surface area contributed by atoms with Crippen molar-refractivity contribution in [3.8, 4) is 6.07 Å². The lowest BCUT2D eigenvalue weighted by Crippen LogP contribution is -2.38. The van der Waals surface area contributed by atoms with Crippen LogP contribution >= 0.6 is 0 Å². The van der Waals surface area contributed by atoms with E-state index in [-0.39, 0.29) is 0 Å². The first-order chi connectivity index (χ1) is 8.74. The van der Waals surface area contributed by atoms with E-state index in [2.05, 4.69) is 24.1 Å². The number of hydrogen-bond donors (Lipinski definition) is 0. The van der Waals surface area contributed by atoms with Gasteiger partial charge in [0.05, 0.1) is 17.7 Å². The third-order valence-corrected chi connectivity index (χ3v) is 3.86. The van der Waals surface area contributed by atoms with Gasteiger partial charge in [0.2, 0.25) is 0 Å². The Labute approximate surface area is 109 Å². The molecule has 0 N–H and O–H groups in total. The zero-order valence-electron chi connectivity index (χ0n) is 11.1. The number of nitrogens with zero attached hydrogens (tertiary/aromatic N) is 2. The molecule has 1 fully saturated rings. The summed E-state index contributed by atoms with van der Waals surface area (Å²) in [5.41, 5.74) is 1.84. The Hall–Kier alpha value is -1.53. The highest BCUT2D eigenvalue weighted by Gasteiger charge is 2.24. The Morgan fingerprint density at radius 2 is 2.22 bits per heavy atom. The van der Waals surface area contributed by atoms with Crippen LogP contribution in [0.4, 0.5) is 5.69 Å². The fourth-order valence-electron chi connectivity index (χ4n) is 2.69. The van der Waals surface area contributed by atoms with Crippen LogP contribution in [0, 0.1) is 11.3 Å². The van der Waals surface area contributed by atoms with E-state index in [0.29, 0.717) is 12.1 Å². The lowest BCUT2D eigenvalue weighted by Gasteiger charge is -2.36. The van der Waals surface area contributed by atoms with E-state index >= 15 is 0 Å². The van der Waals surface area contributed by atoms with Gasteiger partial charge < -0.3 is 9.64 Å². The minimum atomic E-state index is 0.380. The minimum absolute atomic E-state index is 0.380. The van der Waals surface area contributed by atoms with Gasteiger partial charge in [0.1, 0.15) is 0 Å². The molecule has 0 heterocycles. The molecule has 0 bridgehead atoms. The van der Waals surface area contributed by atoms with Crippen LogP contribution in [0.15, 0.2) is 24.3 Å². The van der Waals surface area contributed by atoms with Crippen molar-refractivity contribution in [3.63, 3.8) is 0 Å². The van der Waals surface area contributed by atoms with Crippen molar-refractivity contribution in [2.45, 2.75) is 37.8 Å². The second-order valence-electron chi connectivity index (χ2n) is 4.95. The molecule has 1 saturated carbocycles. The van der Waals surface area contributed by atoms with Gasteiger partial charge in [-0.25, -0.2) is 0 Å². The topological polar surface area (TPSA) is 36.3 Å². The predicted molar refractivity (Wildman–Crippen MR) is 72.6 cm³/mol. The number of rotatable bonds is 3. The minimum Gasteiger partial charge on any atom is -0.381 e. The molecule has 1 aliphatic carbocycles. The average Bonchev–Trinajstić information content (AvgIpc) is 2.46. The van der Waals surface area contributed by atoms with Gasteiger partial charge in [-0.2, -0.15) is 5.26 Å². The first-order valence-electron chi connectivity index (χ1n) is 6.50. The molecule has 96 valence electrons. The highest BCUT2D eigenvalue weighted by atomic mass is 16.5. The Kier molecular flexibility index (Phi) is 4.22. The first-order valence-corrected chi connectivity index (χ1v) is 6.50. The summed E-state index contributed by atoms with van der Waals surface area (Å²) < 4.78 is 5.47. The molecule has 0 aromatic heterocycles. The molecule has 1 aromatic rings. The summed E-state index contributed by atoms with van der Waals surface area (Å²) in [4.78, 5) is 2.28. The lowest BCUT2D eigenvalue weighted by molar-refractivity contribution is 0.0637.